The van der Waals surface area contributed by atoms with E-state index < -0.39 is 0 Å². The molecular weight excluding hydrogens is 292 g/mol. The fourth-order valence-electron chi connectivity index (χ4n) is 3.22. The number of thioether (sulfide) groups is 1. The van der Waals surface area contributed by atoms with E-state index in [4.69, 9.17) is 0 Å². The van der Waals surface area contributed by atoms with Gasteiger partial charge < -0.3 is 10.2 Å². The highest BCUT2D eigenvalue weighted by Crippen LogP contribution is 2.23. The van der Waals surface area contributed by atoms with Crippen molar-refractivity contribution in [1.29, 1.82) is 0 Å². The highest BCUT2D eigenvalue weighted by atomic mass is 32.2. The molecule has 22 heavy (non-hydrogen) atoms. The van der Waals surface area contributed by atoms with Crippen LogP contribution in [0.2, 0.25) is 0 Å². The number of carbonyl (C=O) groups is 1. The number of carbonyl (C=O) groups excluding carboxylic acids is 1. The first-order valence-corrected chi connectivity index (χ1v) is 9.54. The van der Waals surface area contributed by atoms with Crippen LogP contribution in [-0.2, 0) is 11.3 Å². The standard InChI is InChI=1S/C18H28N2OS/c1-14-6-4-5-7-17(14)19-18(21)13-20(2)12-15-8-10-16(22-3)11-9-15/h8-11,14,17H,4-7,12-13H2,1-3H3,(H,19,21)/p+1/t14-,17-/m0/s1. The first-order valence-electron chi connectivity index (χ1n) is 8.32. The van der Waals surface area contributed by atoms with Gasteiger partial charge in [0.15, 0.2) is 6.54 Å². The number of hydrogen-bond donors (Lipinski definition) is 2. The quantitative estimate of drug-likeness (QED) is 0.787. The van der Waals surface area contributed by atoms with Gasteiger partial charge in [0.1, 0.15) is 6.54 Å². The molecule has 1 fully saturated rings. The molecule has 1 saturated carbocycles. The van der Waals surface area contributed by atoms with Gasteiger partial charge in [-0.05, 0) is 37.1 Å². The Balaban J connectivity index is 1.77. The molecule has 0 saturated heterocycles. The summed E-state index contributed by atoms with van der Waals surface area (Å²) in [7, 11) is 2.09. The van der Waals surface area contributed by atoms with Crippen LogP contribution in [0, 0.1) is 5.92 Å². The van der Waals surface area contributed by atoms with Crippen LogP contribution in [0.4, 0.5) is 0 Å². The molecule has 1 aliphatic carbocycles. The third kappa shape index (κ3) is 5.33. The predicted octanol–water partition coefficient (Wildman–Crippen LogP) is 2.12. The maximum Gasteiger partial charge on any atom is 0.275 e. The van der Waals surface area contributed by atoms with E-state index in [-0.39, 0.29) is 5.91 Å². The molecule has 3 atom stereocenters. The summed E-state index contributed by atoms with van der Waals surface area (Å²) in [6.07, 6.45) is 7.03. The molecule has 122 valence electrons. The Kier molecular flexibility index (Phi) is 6.77. The number of hydrogen-bond acceptors (Lipinski definition) is 2. The van der Waals surface area contributed by atoms with Crippen LogP contribution in [0.1, 0.15) is 38.2 Å². The van der Waals surface area contributed by atoms with Crippen molar-refractivity contribution in [2.24, 2.45) is 5.92 Å². The molecule has 0 heterocycles. The van der Waals surface area contributed by atoms with Gasteiger partial charge in [0.25, 0.3) is 5.91 Å². The van der Waals surface area contributed by atoms with Crippen molar-refractivity contribution in [3.8, 4) is 0 Å². The molecule has 4 heteroatoms. The van der Waals surface area contributed by atoms with Crippen molar-refractivity contribution in [3.63, 3.8) is 0 Å². The molecule has 1 aromatic carbocycles. The summed E-state index contributed by atoms with van der Waals surface area (Å²) in [6, 6.07) is 9.01. The first kappa shape index (κ1) is 17.4. The van der Waals surface area contributed by atoms with Crippen LogP contribution in [0.25, 0.3) is 0 Å². The average Bonchev–Trinajstić information content (AvgIpc) is 2.50. The summed E-state index contributed by atoms with van der Waals surface area (Å²) in [6.45, 7) is 3.70. The van der Waals surface area contributed by atoms with Crippen molar-refractivity contribution in [2.45, 2.75) is 50.1 Å². The summed E-state index contributed by atoms with van der Waals surface area (Å²) < 4.78 is 0. The number of likely N-dealkylation sites (N-methyl/N-ethyl adjacent to an activating group) is 1. The monoisotopic (exact) mass is 321 g/mol. The molecule has 3 nitrogen and oxygen atoms in total. The van der Waals surface area contributed by atoms with Crippen LogP contribution in [0.5, 0.6) is 0 Å². The molecule has 0 aromatic heterocycles. The fourth-order valence-corrected chi connectivity index (χ4v) is 3.63. The van der Waals surface area contributed by atoms with Crippen LogP contribution >= 0.6 is 11.8 Å². The van der Waals surface area contributed by atoms with Gasteiger partial charge in [0.05, 0.1) is 7.05 Å². The molecule has 2 rings (SSSR count). The van der Waals surface area contributed by atoms with Crippen molar-refractivity contribution in [1.82, 2.24) is 5.32 Å². The smallest absolute Gasteiger partial charge is 0.275 e. The Morgan fingerprint density at radius 1 is 1.27 bits per heavy atom. The lowest BCUT2D eigenvalue weighted by molar-refractivity contribution is -0.885. The third-order valence-corrected chi connectivity index (χ3v) is 5.33. The number of amides is 1. The van der Waals surface area contributed by atoms with Gasteiger partial charge in [-0.3, -0.25) is 4.79 Å². The van der Waals surface area contributed by atoms with Gasteiger partial charge in [-0.2, -0.15) is 0 Å². The second-order valence-electron chi connectivity index (χ2n) is 6.59. The van der Waals surface area contributed by atoms with Crippen LogP contribution in [0.3, 0.4) is 0 Å². The Morgan fingerprint density at radius 3 is 2.59 bits per heavy atom. The Labute approximate surface area is 138 Å². The number of nitrogens with one attached hydrogen (secondary N) is 2. The van der Waals surface area contributed by atoms with E-state index in [9.17, 15) is 4.79 Å². The second kappa shape index (κ2) is 8.59. The molecule has 0 aliphatic heterocycles. The van der Waals surface area contributed by atoms with Crippen LogP contribution in [0.15, 0.2) is 29.2 Å². The van der Waals surface area contributed by atoms with E-state index in [1.807, 2.05) is 0 Å². The molecule has 1 unspecified atom stereocenters. The van der Waals surface area contributed by atoms with E-state index in [0.717, 1.165) is 13.0 Å². The van der Waals surface area contributed by atoms with Crippen molar-refractivity contribution in [2.75, 3.05) is 19.8 Å². The van der Waals surface area contributed by atoms with Crippen molar-refractivity contribution in [3.05, 3.63) is 29.8 Å². The Morgan fingerprint density at radius 2 is 1.95 bits per heavy atom. The lowest BCUT2D eigenvalue weighted by Gasteiger charge is -2.29. The van der Waals surface area contributed by atoms with Crippen molar-refractivity contribution >= 4 is 17.7 Å². The zero-order chi connectivity index (χ0) is 15.9. The van der Waals surface area contributed by atoms with Gasteiger partial charge >= 0.3 is 0 Å². The zero-order valence-corrected chi connectivity index (χ0v) is 14.8. The molecule has 0 bridgehead atoms. The molecule has 1 amide bonds. The van der Waals surface area contributed by atoms with E-state index in [2.05, 4.69) is 49.8 Å². The Bertz CT molecular complexity index is 474. The fraction of sp³-hybridized carbons (Fsp3) is 0.611. The highest BCUT2D eigenvalue weighted by Gasteiger charge is 2.23. The Hall–Kier alpha value is -1.00. The molecule has 2 N–H and O–H groups in total. The third-order valence-electron chi connectivity index (χ3n) is 4.59. The first-order chi connectivity index (χ1) is 10.6. The maximum absolute atomic E-state index is 12.2. The molecule has 0 spiro atoms. The summed E-state index contributed by atoms with van der Waals surface area (Å²) in [4.78, 5) is 14.7. The maximum atomic E-state index is 12.2. The lowest BCUT2D eigenvalue weighted by atomic mass is 9.86. The largest absolute Gasteiger partial charge is 0.348 e. The molecule has 0 radical (unpaired) electrons. The summed E-state index contributed by atoms with van der Waals surface area (Å²) in [5.74, 6) is 0.814. The van der Waals surface area contributed by atoms with Gasteiger partial charge in [-0.15, -0.1) is 11.8 Å². The number of quaternary nitrogens is 1. The minimum atomic E-state index is 0.192. The SMILES string of the molecule is CSc1ccc(C[NH+](C)CC(=O)N[C@H]2CCCC[C@@H]2C)cc1. The average molecular weight is 322 g/mol. The highest BCUT2D eigenvalue weighted by molar-refractivity contribution is 7.98. The summed E-state index contributed by atoms with van der Waals surface area (Å²) in [5.41, 5.74) is 1.29. The van der Waals surface area contributed by atoms with Crippen molar-refractivity contribution < 1.29 is 9.69 Å². The zero-order valence-electron chi connectivity index (χ0n) is 14.0. The topological polar surface area (TPSA) is 33.5 Å². The van der Waals surface area contributed by atoms with Crippen LogP contribution < -0.4 is 10.2 Å². The molecular formula is C18H29N2OS+. The number of rotatable bonds is 6. The minimum absolute atomic E-state index is 0.192. The summed E-state index contributed by atoms with van der Waals surface area (Å²) in [5, 5.41) is 3.24. The van der Waals surface area contributed by atoms with Gasteiger partial charge in [0.2, 0.25) is 0 Å². The minimum Gasteiger partial charge on any atom is -0.348 e. The second-order valence-corrected chi connectivity index (χ2v) is 7.47. The van der Waals surface area contributed by atoms with Gasteiger partial charge in [-0.25, -0.2) is 0 Å². The van der Waals surface area contributed by atoms with E-state index in [1.165, 1.54) is 34.6 Å². The van der Waals surface area contributed by atoms with E-state index >= 15 is 0 Å². The van der Waals surface area contributed by atoms with E-state index in [0.29, 0.717) is 18.5 Å². The van der Waals surface area contributed by atoms with Crippen LogP contribution in [-0.4, -0.2) is 31.8 Å². The number of benzene rings is 1. The lowest BCUT2D eigenvalue weighted by Crippen LogP contribution is -3.09. The molecule has 1 aromatic rings. The summed E-state index contributed by atoms with van der Waals surface area (Å²) >= 11 is 1.76. The molecule has 1 aliphatic rings. The van der Waals surface area contributed by atoms with Gasteiger partial charge in [0, 0.05) is 16.5 Å². The van der Waals surface area contributed by atoms with Gasteiger partial charge in [-0.1, -0.05) is 31.9 Å². The van der Waals surface area contributed by atoms with E-state index in [1.54, 1.807) is 11.8 Å². The predicted molar refractivity (Wildman–Crippen MR) is 93.2 cm³/mol. The normalized spacial score (nSPS) is 23.0.